The third kappa shape index (κ3) is 3.62. The Balaban J connectivity index is 1.59. The Morgan fingerprint density at radius 2 is 2.06 bits per heavy atom. The van der Waals surface area contributed by atoms with Crippen molar-refractivity contribution in [2.75, 3.05) is 13.7 Å². The zero-order valence-electron chi connectivity index (χ0n) is 19.6. The molecule has 3 heterocycles. The predicted molar refractivity (Wildman–Crippen MR) is 128 cm³/mol. The Kier molecular flexibility index (Phi) is 5.67. The number of aromatic nitrogens is 1. The van der Waals surface area contributed by atoms with Crippen molar-refractivity contribution < 1.29 is 19.4 Å². The number of carboxylic acid groups (broad SMARTS) is 1. The first-order valence-electron chi connectivity index (χ1n) is 11.8. The van der Waals surface area contributed by atoms with Crippen molar-refractivity contribution in [2.24, 2.45) is 0 Å². The van der Waals surface area contributed by atoms with E-state index in [4.69, 9.17) is 9.47 Å². The number of H-pyrrole nitrogens is 1. The highest BCUT2D eigenvalue weighted by molar-refractivity contribution is 5.88. The van der Waals surface area contributed by atoms with Gasteiger partial charge in [0.15, 0.2) is 0 Å². The van der Waals surface area contributed by atoms with E-state index in [-0.39, 0.29) is 11.6 Å². The standard InChI is InChI=1S/C27H32N2O4/c1-4-33-21-14-20-9-11-27(15-21,19-7-5-18(6-8-19)26(30)31)29(20)16-23-22-10-12-28-25(22)17(2)13-24(23)32-3/h5-8,10,12-13,20-21,28H,4,9,11,14-16H2,1-3H3,(H,30,31)/t20-,21-,27+/m1/s1. The van der Waals surface area contributed by atoms with Crippen molar-refractivity contribution in [3.63, 3.8) is 0 Å². The summed E-state index contributed by atoms with van der Waals surface area (Å²) < 4.78 is 12.0. The molecule has 6 nitrogen and oxygen atoms in total. The van der Waals surface area contributed by atoms with Crippen LogP contribution in [0.15, 0.2) is 42.6 Å². The highest BCUT2D eigenvalue weighted by atomic mass is 16.5. The topological polar surface area (TPSA) is 74.8 Å². The van der Waals surface area contributed by atoms with Gasteiger partial charge in [0.25, 0.3) is 0 Å². The molecule has 3 atom stereocenters. The van der Waals surface area contributed by atoms with Gasteiger partial charge in [0.05, 0.1) is 18.8 Å². The van der Waals surface area contributed by atoms with Crippen molar-refractivity contribution in [1.29, 1.82) is 0 Å². The fourth-order valence-electron chi connectivity index (χ4n) is 6.23. The number of hydrogen-bond donors (Lipinski definition) is 2. The summed E-state index contributed by atoms with van der Waals surface area (Å²) in [5.74, 6) is 0.0255. The molecule has 174 valence electrons. The molecule has 0 saturated carbocycles. The van der Waals surface area contributed by atoms with Crippen LogP contribution in [0.1, 0.15) is 59.7 Å². The zero-order chi connectivity index (χ0) is 23.2. The largest absolute Gasteiger partial charge is 0.496 e. The van der Waals surface area contributed by atoms with E-state index in [1.807, 2.05) is 18.3 Å². The van der Waals surface area contributed by atoms with Crippen LogP contribution in [0, 0.1) is 6.92 Å². The quantitative estimate of drug-likeness (QED) is 0.517. The molecule has 2 fully saturated rings. The van der Waals surface area contributed by atoms with Crippen molar-refractivity contribution in [1.82, 2.24) is 9.88 Å². The molecule has 0 aliphatic carbocycles. The van der Waals surface area contributed by atoms with Crippen molar-refractivity contribution in [3.05, 3.63) is 64.8 Å². The van der Waals surface area contributed by atoms with Gasteiger partial charge in [-0.05, 0) is 74.9 Å². The second kappa shape index (κ2) is 8.50. The maximum atomic E-state index is 11.4. The maximum Gasteiger partial charge on any atom is 0.335 e. The molecule has 2 N–H and O–H groups in total. The molecule has 2 aromatic carbocycles. The lowest BCUT2D eigenvalue weighted by Gasteiger charge is -2.48. The summed E-state index contributed by atoms with van der Waals surface area (Å²) in [5, 5.41) is 10.6. The van der Waals surface area contributed by atoms with Crippen LogP contribution in [-0.4, -0.2) is 46.8 Å². The van der Waals surface area contributed by atoms with E-state index in [1.54, 1.807) is 19.2 Å². The number of aryl methyl sites for hydroxylation is 1. The number of aromatic carboxylic acids is 1. The van der Waals surface area contributed by atoms with Crippen molar-refractivity contribution in [2.45, 2.75) is 63.8 Å². The summed E-state index contributed by atoms with van der Waals surface area (Å²) in [5.41, 5.74) is 4.85. The van der Waals surface area contributed by atoms with Crippen LogP contribution in [0.3, 0.4) is 0 Å². The fourth-order valence-corrected chi connectivity index (χ4v) is 6.23. The lowest BCUT2D eigenvalue weighted by Crippen LogP contribution is -2.52. The molecule has 33 heavy (non-hydrogen) atoms. The first-order valence-corrected chi connectivity index (χ1v) is 11.8. The van der Waals surface area contributed by atoms with Crippen LogP contribution in [-0.2, 0) is 16.8 Å². The van der Waals surface area contributed by atoms with E-state index in [0.717, 1.165) is 43.5 Å². The molecule has 2 aliphatic heterocycles. The van der Waals surface area contributed by atoms with Crippen molar-refractivity contribution >= 4 is 16.9 Å². The third-order valence-corrected chi connectivity index (χ3v) is 7.71. The number of carbonyl (C=O) groups is 1. The Bertz CT molecular complexity index is 1170. The normalized spacial score (nSPS) is 24.9. The summed E-state index contributed by atoms with van der Waals surface area (Å²) in [6.45, 7) is 5.65. The molecular formula is C27H32N2O4. The second-order valence-electron chi connectivity index (χ2n) is 9.39. The Hall–Kier alpha value is -2.83. The molecular weight excluding hydrogens is 416 g/mol. The van der Waals surface area contributed by atoms with Gasteiger partial charge in [-0.15, -0.1) is 0 Å². The van der Waals surface area contributed by atoms with E-state index in [1.165, 1.54) is 22.1 Å². The minimum atomic E-state index is -0.893. The fraction of sp³-hybridized carbons (Fsp3) is 0.444. The van der Waals surface area contributed by atoms with Gasteiger partial charge in [-0.2, -0.15) is 0 Å². The van der Waals surface area contributed by atoms with Crippen molar-refractivity contribution in [3.8, 4) is 5.75 Å². The molecule has 2 bridgehead atoms. The summed E-state index contributed by atoms with van der Waals surface area (Å²) >= 11 is 0. The lowest BCUT2D eigenvalue weighted by molar-refractivity contribution is -0.0593. The molecule has 3 aromatic rings. The van der Waals surface area contributed by atoms with Gasteiger partial charge < -0.3 is 19.6 Å². The smallest absolute Gasteiger partial charge is 0.335 e. The maximum absolute atomic E-state index is 11.4. The van der Waals surface area contributed by atoms with Crippen LogP contribution in [0.5, 0.6) is 5.75 Å². The second-order valence-corrected chi connectivity index (χ2v) is 9.39. The predicted octanol–water partition coefficient (Wildman–Crippen LogP) is 5.24. The molecule has 0 unspecified atom stereocenters. The highest BCUT2D eigenvalue weighted by Gasteiger charge is 2.53. The van der Waals surface area contributed by atoms with Crippen LogP contribution < -0.4 is 4.74 Å². The monoisotopic (exact) mass is 448 g/mol. The van der Waals surface area contributed by atoms with Gasteiger partial charge in [-0.3, -0.25) is 4.90 Å². The van der Waals surface area contributed by atoms with E-state index < -0.39 is 5.97 Å². The first kappa shape index (κ1) is 22.0. The average molecular weight is 449 g/mol. The SMILES string of the molecule is CCO[C@@H]1C[C@H]2CC[C@@](c3ccc(C(=O)O)cc3)(C1)N2Cc1c(OC)cc(C)c2[nH]ccc12. The van der Waals surface area contributed by atoms with Crippen LogP contribution in [0.2, 0.25) is 0 Å². The Labute approximate surface area is 194 Å². The Morgan fingerprint density at radius 1 is 1.27 bits per heavy atom. The van der Waals surface area contributed by atoms with Gasteiger partial charge in [-0.25, -0.2) is 4.79 Å². The van der Waals surface area contributed by atoms with Crippen LogP contribution in [0.25, 0.3) is 10.9 Å². The molecule has 5 rings (SSSR count). The van der Waals surface area contributed by atoms with E-state index in [2.05, 4.69) is 35.9 Å². The van der Waals surface area contributed by atoms with Crippen LogP contribution in [0.4, 0.5) is 0 Å². The number of rotatable bonds is 7. The number of fused-ring (bicyclic) bond motifs is 3. The number of aromatic amines is 1. The third-order valence-electron chi connectivity index (χ3n) is 7.71. The summed E-state index contributed by atoms with van der Waals surface area (Å²) in [6.07, 6.45) is 6.29. The minimum Gasteiger partial charge on any atom is -0.496 e. The lowest BCUT2D eigenvalue weighted by atomic mass is 9.79. The number of piperidine rings is 1. The number of benzene rings is 2. The molecule has 0 spiro atoms. The van der Waals surface area contributed by atoms with Gasteiger partial charge in [0.2, 0.25) is 0 Å². The number of methoxy groups -OCH3 is 1. The number of ether oxygens (including phenoxy) is 2. The van der Waals surface area contributed by atoms with Gasteiger partial charge in [0.1, 0.15) is 5.75 Å². The zero-order valence-corrected chi connectivity index (χ0v) is 19.6. The molecule has 2 saturated heterocycles. The van der Waals surface area contributed by atoms with Gasteiger partial charge in [0, 0.05) is 47.4 Å². The number of nitrogens with one attached hydrogen (secondary N) is 1. The van der Waals surface area contributed by atoms with Crippen LogP contribution >= 0.6 is 0 Å². The number of nitrogens with zero attached hydrogens (tertiary/aromatic N) is 1. The summed E-state index contributed by atoms with van der Waals surface area (Å²) in [7, 11) is 1.74. The first-order chi connectivity index (χ1) is 16.0. The number of hydrogen-bond acceptors (Lipinski definition) is 4. The minimum absolute atomic E-state index is 0.182. The van der Waals surface area contributed by atoms with Gasteiger partial charge in [-0.1, -0.05) is 12.1 Å². The number of carboxylic acids is 1. The molecule has 1 aromatic heterocycles. The average Bonchev–Trinajstić information content (AvgIpc) is 3.38. The Morgan fingerprint density at radius 3 is 2.76 bits per heavy atom. The van der Waals surface area contributed by atoms with E-state index >= 15 is 0 Å². The van der Waals surface area contributed by atoms with E-state index in [0.29, 0.717) is 18.2 Å². The van der Waals surface area contributed by atoms with Gasteiger partial charge >= 0.3 is 5.97 Å². The highest BCUT2D eigenvalue weighted by Crippen LogP contribution is 2.52. The summed E-state index contributed by atoms with van der Waals surface area (Å²) in [6, 6.07) is 12.2. The van der Waals surface area contributed by atoms with E-state index in [9.17, 15) is 9.90 Å². The molecule has 2 aliphatic rings. The molecule has 0 radical (unpaired) electrons. The summed E-state index contributed by atoms with van der Waals surface area (Å²) in [4.78, 5) is 17.5. The molecule has 0 amide bonds. The molecule has 6 heteroatoms.